The van der Waals surface area contributed by atoms with Gasteiger partial charge in [0, 0.05) is 12.8 Å². The number of hydrogen-bond donors (Lipinski definition) is 1. The molecule has 0 aliphatic heterocycles. The fourth-order valence-electron chi connectivity index (χ4n) is 8.03. The number of unbranched alkanes of at least 4 members (excludes halogenated alkanes) is 40. The van der Waals surface area contributed by atoms with Crippen LogP contribution >= 0.6 is 0 Å². The van der Waals surface area contributed by atoms with Crippen LogP contribution in [0.2, 0.25) is 0 Å². The Morgan fingerprint density at radius 2 is 0.554 bits per heavy atom. The zero-order valence-electron chi connectivity index (χ0n) is 38.2. The summed E-state index contributed by atoms with van der Waals surface area (Å²) in [5.74, 6) is -0.573. The van der Waals surface area contributed by atoms with Gasteiger partial charge in [0.2, 0.25) is 0 Å². The van der Waals surface area contributed by atoms with Crippen LogP contribution in [0.15, 0.2) is 0 Å². The molecule has 0 spiro atoms. The summed E-state index contributed by atoms with van der Waals surface area (Å²) in [6.07, 6.45) is 56.6. The van der Waals surface area contributed by atoms with Crippen LogP contribution in [0, 0.1) is 0 Å². The lowest BCUT2D eigenvalue weighted by molar-refractivity contribution is -0.161. The van der Waals surface area contributed by atoms with E-state index in [1.54, 1.807) is 0 Å². The Balaban J connectivity index is 3.33. The van der Waals surface area contributed by atoms with Gasteiger partial charge in [0.15, 0.2) is 6.10 Å². The fraction of sp³-hybridized carbons (Fsp3) is 0.961. The molecule has 5 nitrogen and oxygen atoms in total. The number of esters is 2. The van der Waals surface area contributed by atoms with Crippen molar-refractivity contribution in [1.82, 2.24) is 0 Å². The van der Waals surface area contributed by atoms with Gasteiger partial charge in [-0.1, -0.05) is 271 Å². The Morgan fingerprint density at radius 1 is 0.339 bits per heavy atom. The van der Waals surface area contributed by atoms with Crippen molar-refractivity contribution in [3.63, 3.8) is 0 Å². The molecule has 0 saturated carbocycles. The van der Waals surface area contributed by atoms with E-state index in [9.17, 15) is 14.7 Å². The maximum absolute atomic E-state index is 12.2. The van der Waals surface area contributed by atoms with Gasteiger partial charge in [-0.2, -0.15) is 0 Å². The number of ether oxygens (including phenoxy) is 2. The first kappa shape index (κ1) is 54.9. The highest BCUT2D eigenvalue weighted by atomic mass is 16.6. The van der Waals surface area contributed by atoms with E-state index in [0.717, 1.165) is 38.5 Å². The van der Waals surface area contributed by atoms with E-state index in [-0.39, 0.29) is 25.2 Å². The van der Waals surface area contributed by atoms with Gasteiger partial charge in [0.25, 0.3) is 0 Å². The predicted molar refractivity (Wildman–Crippen MR) is 242 cm³/mol. The number of carbonyl (C=O) groups excluding carboxylic acids is 2. The van der Waals surface area contributed by atoms with Crippen molar-refractivity contribution in [1.29, 1.82) is 0 Å². The van der Waals surface area contributed by atoms with Crippen molar-refractivity contribution in [2.45, 2.75) is 302 Å². The van der Waals surface area contributed by atoms with Gasteiger partial charge in [-0.05, 0) is 12.8 Å². The Labute approximate surface area is 350 Å². The molecule has 0 amide bonds. The lowest BCUT2D eigenvalue weighted by atomic mass is 10.0. The van der Waals surface area contributed by atoms with Crippen molar-refractivity contribution in [3.8, 4) is 0 Å². The van der Waals surface area contributed by atoms with Crippen LogP contribution in [0.1, 0.15) is 296 Å². The van der Waals surface area contributed by atoms with Gasteiger partial charge in [-0.25, -0.2) is 0 Å². The van der Waals surface area contributed by atoms with Gasteiger partial charge in [0.05, 0.1) is 6.61 Å². The standard InChI is InChI=1S/C51H100O5/c1-3-5-7-9-11-13-15-16-17-18-19-20-21-22-23-24-25-26-27-28-29-30-31-32-33-34-35-36-38-40-42-44-46-51(54)56-49(47-52)48-55-50(53)45-43-41-39-37-14-12-10-8-6-4-2/h49,52H,3-48H2,1-2H3. The predicted octanol–water partition coefficient (Wildman–Crippen LogP) is 16.6. The SMILES string of the molecule is CCCCCCCCCCCCCCCCCCCCCCCCCCCCCCCCCCC(=O)OC(CO)COC(=O)CCCCCCCCCCCC. The molecule has 0 aliphatic carbocycles. The van der Waals surface area contributed by atoms with Crippen LogP contribution in [0.5, 0.6) is 0 Å². The number of aliphatic hydroxyl groups excluding tert-OH is 1. The summed E-state index contributed by atoms with van der Waals surface area (Å²) < 4.78 is 10.6. The average molecular weight is 793 g/mol. The molecular weight excluding hydrogens is 693 g/mol. The lowest BCUT2D eigenvalue weighted by Gasteiger charge is -2.15. The monoisotopic (exact) mass is 793 g/mol. The molecule has 0 bridgehead atoms. The van der Waals surface area contributed by atoms with Crippen molar-refractivity contribution in [3.05, 3.63) is 0 Å². The molecule has 1 N–H and O–H groups in total. The van der Waals surface area contributed by atoms with Crippen molar-refractivity contribution < 1.29 is 24.2 Å². The van der Waals surface area contributed by atoms with Gasteiger partial charge >= 0.3 is 11.9 Å². The second-order valence-corrected chi connectivity index (χ2v) is 17.6. The second-order valence-electron chi connectivity index (χ2n) is 17.6. The Morgan fingerprint density at radius 3 is 0.786 bits per heavy atom. The summed E-state index contributed by atoms with van der Waals surface area (Å²) in [4.78, 5) is 24.3. The smallest absolute Gasteiger partial charge is 0.306 e. The third-order valence-electron chi connectivity index (χ3n) is 11.9. The maximum atomic E-state index is 12.2. The molecule has 0 fully saturated rings. The van der Waals surface area contributed by atoms with Crippen molar-refractivity contribution in [2.24, 2.45) is 0 Å². The third-order valence-corrected chi connectivity index (χ3v) is 11.9. The lowest BCUT2D eigenvalue weighted by Crippen LogP contribution is -2.28. The first-order valence-electron chi connectivity index (χ1n) is 25.6. The topological polar surface area (TPSA) is 72.8 Å². The summed E-state index contributed by atoms with van der Waals surface area (Å²) in [7, 11) is 0. The summed E-state index contributed by atoms with van der Waals surface area (Å²) >= 11 is 0. The minimum atomic E-state index is -0.762. The molecule has 0 aromatic carbocycles. The van der Waals surface area contributed by atoms with Crippen LogP contribution in [0.4, 0.5) is 0 Å². The highest BCUT2D eigenvalue weighted by molar-refractivity contribution is 5.70. The van der Waals surface area contributed by atoms with Crippen LogP contribution in [-0.4, -0.2) is 36.4 Å². The van der Waals surface area contributed by atoms with Crippen molar-refractivity contribution in [2.75, 3.05) is 13.2 Å². The third kappa shape index (κ3) is 45.6. The molecule has 1 unspecified atom stereocenters. The summed E-state index contributed by atoms with van der Waals surface area (Å²) in [5, 5.41) is 9.57. The maximum Gasteiger partial charge on any atom is 0.306 e. The molecule has 5 heteroatoms. The van der Waals surface area contributed by atoms with Gasteiger partial charge in [-0.15, -0.1) is 0 Å². The van der Waals surface area contributed by atoms with Gasteiger partial charge in [-0.3, -0.25) is 9.59 Å². The minimum Gasteiger partial charge on any atom is -0.462 e. The van der Waals surface area contributed by atoms with Crippen LogP contribution in [-0.2, 0) is 19.1 Å². The van der Waals surface area contributed by atoms with E-state index in [1.807, 2.05) is 0 Å². The number of aliphatic hydroxyl groups is 1. The Bertz CT molecular complexity index is 769. The minimum absolute atomic E-state index is 0.0571. The second kappa shape index (κ2) is 48.3. The first-order valence-corrected chi connectivity index (χ1v) is 25.6. The van der Waals surface area contributed by atoms with E-state index >= 15 is 0 Å². The highest BCUT2D eigenvalue weighted by Crippen LogP contribution is 2.18. The molecule has 334 valence electrons. The van der Waals surface area contributed by atoms with Crippen LogP contribution in [0.3, 0.4) is 0 Å². The largest absolute Gasteiger partial charge is 0.462 e. The molecule has 0 aromatic heterocycles. The molecule has 0 saturated heterocycles. The van der Waals surface area contributed by atoms with Crippen LogP contribution in [0.25, 0.3) is 0 Å². The zero-order chi connectivity index (χ0) is 40.7. The normalized spacial score (nSPS) is 12.0. The highest BCUT2D eigenvalue weighted by Gasteiger charge is 2.16. The van der Waals surface area contributed by atoms with Crippen molar-refractivity contribution >= 4 is 11.9 Å². The van der Waals surface area contributed by atoms with Gasteiger partial charge < -0.3 is 14.6 Å². The zero-order valence-corrected chi connectivity index (χ0v) is 38.2. The Hall–Kier alpha value is -1.10. The summed E-state index contributed by atoms with van der Waals surface area (Å²) in [6.45, 7) is 4.17. The van der Waals surface area contributed by atoms with E-state index in [1.165, 1.54) is 231 Å². The molecule has 0 aliphatic rings. The van der Waals surface area contributed by atoms with E-state index < -0.39 is 6.10 Å². The van der Waals surface area contributed by atoms with E-state index in [4.69, 9.17) is 9.47 Å². The summed E-state index contributed by atoms with van der Waals surface area (Å²) in [5.41, 5.74) is 0. The van der Waals surface area contributed by atoms with E-state index in [2.05, 4.69) is 13.8 Å². The number of hydrogen-bond acceptors (Lipinski definition) is 5. The first-order chi connectivity index (χ1) is 27.6. The number of rotatable bonds is 48. The summed E-state index contributed by atoms with van der Waals surface area (Å²) in [6, 6.07) is 0. The number of carbonyl (C=O) groups is 2. The van der Waals surface area contributed by atoms with E-state index in [0.29, 0.717) is 12.8 Å². The average Bonchev–Trinajstić information content (AvgIpc) is 3.20. The molecular formula is C51H100O5. The van der Waals surface area contributed by atoms with Crippen LogP contribution < -0.4 is 0 Å². The molecule has 0 heterocycles. The molecule has 0 aromatic rings. The molecule has 1 atom stereocenters. The molecule has 0 radical (unpaired) electrons. The fourth-order valence-corrected chi connectivity index (χ4v) is 8.03. The van der Waals surface area contributed by atoms with Gasteiger partial charge in [0.1, 0.15) is 6.61 Å². The molecule has 0 rings (SSSR count). The molecule has 56 heavy (non-hydrogen) atoms. The quantitative estimate of drug-likeness (QED) is 0.0491. The Kier molecular flexibility index (Phi) is 47.3.